The van der Waals surface area contributed by atoms with Crippen molar-refractivity contribution in [2.24, 2.45) is 5.92 Å². The first-order valence-electron chi connectivity index (χ1n) is 6.45. The summed E-state index contributed by atoms with van der Waals surface area (Å²) in [4.78, 5) is 8.70. The minimum Gasteiger partial charge on any atom is -0.478 e. The number of anilines is 1. The van der Waals surface area contributed by atoms with Crippen molar-refractivity contribution in [3.63, 3.8) is 0 Å². The normalized spacial score (nSPS) is 10.7. The molecule has 1 rings (SSSR count). The van der Waals surface area contributed by atoms with E-state index in [0.717, 1.165) is 29.9 Å². The van der Waals surface area contributed by atoms with Crippen LogP contribution >= 0.6 is 11.8 Å². The van der Waals surface area contributed by atoms with Crippen LogP contribution in [0.3, 0.4) is 0 Å². The van der Waals surface area contributed by atoms with Gasteiger partial charge in [-0.05, 0) is 31.9 Å². The predicted molar refractivity (Wildman–Crippen MR) is 77.5 cm³/mol. The first kappa shape index (κ1) is 15.1. The van der Waals surface area contributed by atoms with Crippen molar-refractivity contribution in [2.75, 3.05) is 24.7 Å². The molecule has 0 bridgehead atoms. The Morgan fingerprint density at radius 2 is 2.17 bits per heavy atom. The average Bonchev–Trinajstić information content (AvgIpc) is 2.34. The largest absolute Gasteiger partial charge is 0.478 e. The van der Waals surface area contributed by atoms with Gasteiger partial charge in [0.15, 0.2) is 5.16 Å². The van der Waals surface area contributed by atoms with Crippen molar-refractivity contribution in [1.29, 1.82) is 0 Å². The van der Waals surface area contributed by atoms with E-state index < -0.39 is 0 Å². The molecule has 0 aromatic carbocycles. The smallest absolute Gasteiger partial charge is 0.219 e. The van der Waals surface area contributed by atoms with E-state index in [4.69, 9.17) is 4.74 Å². The lowest BCUT2D eigenvalue weighted by molar-refractivity contribution is 0.284. The number of thioether (sulfide) groups is 1. The first-order chi connectivity index (χ1) is 8.65. The van der Waals surface area contributed by atoms with E-state index in [2.05, 4.69) is 29.1 Å². The van der Waals surface area contributed by atoms with Gasteiger partial charge in [-0.25, -0.2) is 4.98 Å². The maximum atomic E-state index is 5.68. The summed E-state index contributed by atoms with van der Waals surface area (Å²) in [6.07, 6.45) is 4.21. The number of nitrogens with one attached hydrogen (secondary N) is 1. The number of nitrogens with zero attached hydrogens (tertiary/aromatic N) is 2. The molecular weight excluding hydrogens is 246 g/mol. The van der Waals surface area contributed by atoms with Crippen molar-refractivity contribution >= 4 is 17.6 Å². The number of hydrogen-bond acceptors (Lipinski definition) is 5. The van der Waals surface area contributed by atoms with E-state index in [1.54, 1.807) is 0 Å². The first-order valence-corrected chi connectivity index (χ1v) is 7.68. The van der Waals surface area contributed by atoms with Crippen LogP contribution in [0.2, 0.25) is 0 Å². The van der Waals surface area contributed by atoms with Gasteiger partial charge >= 0.3 is 0 Å². The quantitative estimate of drug-likeness (QED) is 0.445. The molecule has 0 aliphatic rings. The Labute approximate surface area is 114 Å². The van der Waals surface area contributed by atoms with Gasteiger partial charge in [-0.2, -0.15) is 4.98 Å². The molecule has 1 N–H and O–H groups in total. The Bertz CT molecular complexity index is 358. The Balaban J connectivity index is 2.55. The van der Waals surface area contributed by atoms with E-state index in [1.165, 1.54) is 18.2 Å². The van der Waals surface area contributed by atoms with E-state index >= 15 is 0 Å². The SMILES string of the molecule is CCNc1cc(OCCCC(C)C)nc(SC)n1. The lowest BCUT2D eigenvalue weighted by atomic mass is 10.1. The van der Waals surface area contributed by atoms with Crippen LogP contribution in [0.15, 0.2) is 11.2 Å². The molecule has 0 amide bonds. The zero-order valence-electron chi connectivity index (χ0n) is 11.7. The van der Waals surface area contributed by atoms with Gasteiger partial charge < -0.3 is 10.1 Å². The van der Waals surface area contributed by atoms with Crippen LogP contribution in [0, 0.1) is 5.92 Å². The monoisotopic (exact) mass is 269 g/mol. The van der Waals surface area contributed by atoms with Crippen LogP contribution in [0.5, 0.6) is 5.88 Å². The molecular formula is C13H23N3OS. The molecule has 0 aliphatic heterocycles. The summed E-state index contributed by atoms with van der Waals surface area (Å²) in [7, 11) is 0. The highest BCUT2D eigenvalue weighted by Crippen LogP contribution is 2.19. The Morgan fingerprint density at radius 1 is 1.39 bits per heavy atom. The fourth-order valence-corrected chi connectivity index (χ4v) is 1.88. The van der Waals surface area contributed by atoms with Gasteiger partial charge in [0, 0.05) is 12.6 Å². The standard InChI is InChI=1S/C13H23N3OS/c1-5-14-11-9-12(16-13(15-11)18-4)17-8-6-7-10(2)3/h9-10H,5-8H2,1-4H3,(H,14,15,16). The maximum Gasteiger partial charge on any atom is 0.219 e. The molecule has 1 aromatic rings. The lowest BCUT2D eigenvalue weighted by Crippen LogP contribution is -2.05. The molecule has 1 heterocycles. The summed E-state index contributed by atoms with van der Waals surface area (Å²) in [6.45, 7) is 8.05. The van der Waals surface area contributed by atoms with Crippen LogP contribution in [-0.2, 0) is 0 Å². The Hall–Kier alpha value is -0.970. The number of hydrogen-bond donors (Lipinski definition) is 1. The van der Waals surface area contributed by atoms with E-state index in [0.29, 0.717) is 12.5 Å². The number of rotatable bonds is 8. The molecule has 0 fully saturated rings. The highest BCUT2D eigenvalue weighted by molar-refractivity contribution is 7.98. The second kappa shape index (κ2) is 8.19. The molecule has 0 saturated carbocycles. The Morgan fingerprint density at radius 3 is 2.78 bits per heavy atom. The average molecular weight is 269 g/mol. The molecule has 0 atom stereocenters. The highest BCUT2D eigenvalue weighted by atomic mass is 32.2. The molecule has 0 radical (unpaired) electrons. The van der Waals surface area contributed by atoms with E-state index in [9.17, 15) is 0 Å². The van der Waals surface area contributed by atoms with Crippen molar-refractivity contribution < 1.29 is 4.74 Å². The van der Waals surface area contributed by atoms with Crippen LogP contribution in [0.1, 0.15) is 33.6 Å². The van der Waals surface area contributed by atoms with Crippen molar-refractivity contribution in [3.05, 3.63) is 6.07 Å². The van der Waals surface area contributed by atoms with E-state index in [-0.39, 0.29) is 0 Å². The fourth-order valence-electron chi connectivity index (χ4n) is 1.51. The van der Waals surface area contributed by atoms with Gasteiger partial charge in [-0.1, -0.05) is 25.6 Å². The van der Waals surface area contributed by atoms with Crippen LogP contribution in [0.4, 0.5) is 5.82 Å². The topological polar surface area (TPSA) is 47.0 Å². The molecule has 5 heteroatoms. The van der Waals surface area contributed by atoms with Gasteiger partial charge in [0.2, 0.25) is 5.88 Å². The lowest BCUT2D eigenvalue weighted by Gasteiger charge is -2.09. The molecule has 1 aromatic heterocycles. The molecule has 0 unspecified atom stereocenters. The molecule has 18 heavy (non-hydrogen) atoms. The molecule has 0 spiro atoms. The van der Waals surface area contributed by atoms with Crippen molar-refractivity contribution in [2.45, 2.75) is 38.8 Å². The molecule has 0 aliphatic carbocycles. The molecule has 4 nitrogen and oxygen atoms in total. The summed E-state index contributed by atoms with van der Waals surface area (Å²) in [5.74, 6) is 2.21. The third-order valence-corrected chi connectivity index (χ3v) is 2.95. The summed E-state index contributed by atoms with van der Waals surface area (Å²) in [5.41, 5.74) is 0. The maximum absolute atomic E-state index is 5.68. The zero-order valence-corrected chi connectivity index (χ0v) is 12.5. The third kappa shape index (κ3) is 5.58. The second-order valence-corrected chi connectivity index (χ2v) is 5.27. The minimum absolute atomic E-state index is 0.661. The Kier molecular flexibility index (Phi) is 6.86. The van der Waals surface area contributed by atoms with Gasteiger partial charge in [-0.3, -0.25) is 0 Å². The van der Waals surface area contributed by atoms with Crippen molar-refractivity contribution in [3.8, 4) is 5.88 Å². The summed E-state index contributed by atoms with van der Waals surface area (Å²) in [5, 5.41) is 3.93. The van der Waals surface area contributed by atoms with Crippen LogP contribution in [-0.4, -0.2) is 29.4 Å². The summed E-state index contributed by atoms with van der Waals surface area (Å²) < 4.78 is 5.68. The minimum atomic E-state index is 0.661. The van der Waals surface area contributed by atoms with Gasteiger partial charge in [0.1, 0.15) is 5.82 Å². The summed E-state index contributed by atoms with van der Waals surface area (Å²) >= 11 is 1.52. The van der Waals surface area contributed by atoms with Crippen LogP contribution < -0.4 is 10.1 Å². The van der Waals surface area contributed by atoms with Crippen molar-refractivity contribution in [1.82, 2.24) is 9.97 Å². The molecule has 102 valence electrons. The summed E-state index contributed by atoms with van der Waals surface area (Å²) in [6, 6.07) is 1.86. The van der Waals surface area contributed by atoms with Gasteiger partial charge in [0.25, 0.3) is 0 Å². The highest BCUT2D eigenvalue weighted by Gasteiger charge is 2.04. The predicted octanol–water partition coefficient (Wildman–Crippen LogP) is 3.45. The van der Waals surface area contributed by atoms with E-state index in [1.807, 2.05) is 19.2 Å². The fraction of sp³-hybridized carbons (Fsp3) is 0.692. The zero-order chi connectivity index (χ0) is 13.4. The van der Waals surface area contributed by atoms with Crippen LogP contribution in [0.25, 0.3) is 0 Å². The van der Waals surface area contributed by atoms with Gasteiger partial charge in [0.05, 0.1) is 6.61 Å². The number of ether oxygens (including phenoxy) is 1. The third-order valence-electron chi connectivity index (χ3n) is 2.40. The second-order valence-electron chi connectivity index (χ2n) is 4.49. The van der Waals surface area contributed by atoms with Gasteiger partial charge in [-0.15, -0.1) is 0 Å². The number of aromatic nitrogens is 2. The molecule has 0 saturated heterocycles.